The zero-order valence-corrected chi connectivity index (χ0v) is 17.5. The zero-order valence-electron chi connectivity index (χ0n) is 16.7. The van der Waals surface area contributed by atoms with Crippen LogP contribution in [0.1, 0.15) is 53.6 Å². The SMILES string of the molecule is Cc1c(-c2cc3c(s2)CCCC3C(N)CO)c(F)cc2c(=O)[nH]c(=O)n(C3CC3)c12. The predicted molar refractivity (Wildman–Crippen MR) is 116 cm³/mol. The Labute approximate surface area is 176 Å². The number of thiophene rings is 1. The Morgan fingerprint density at radius 2 is 2.10 bits per heavy atom. The summed E-state index contributed by atoms with van der Waals surface area (Å²) in [5.41, 5.74) is 7.82. The molecule has 2 heterocycles. The van der Waals surface area contributed by atoms with E-state index in [1.54, 1.807) is 22.8 Å². The zero-order chi connectivity index (χ0) is 21.2. The Balaban J connectivity index is 1.75. The Hall–Kier alpha value is -2.29. The number of fused-ring (bicyclic) bond motifs is 2. The van der Waals surface area contributed by atoms with Gasteiger partial charge < -0.3 is 10.8 Å². The fourth-order valence-corrected chi connectivity index (χ4v) is 6.22. The molecule has 1 saturated carbocycles. The van der Waals surface area contributed by atoms with Gasteiger partial charge in [0.2, 0.25) is 0 Å². The predicted octanol–water partition coefficient (Wildman–Crippen LogP) is 2.94. The van der Waals surface area contributed by atoms with Gasteiger partial charge >= 0.3 is 5.69 Å². The molecule has 0 amide bonds. The van der Waals surface area contributed by atoms with Crippen LogP contribution in [0.15, 0.2) is 21.7 Å². The molecule has 2 aliphatic carbocycles. The summed E-state index contributed by atoms with van der Waals surface area (Å²) in [6, 6.07) is 2.96. The number of aryl methyl sites for hydroxylation is 2. The minimum absolute atomic E-state index is 0.0531. The van der Waals surface area contributed by atoms with Crippen molar-refractivity contribution in [2.24, 2.45) is 5.73 Å². The molecule has 5 rings (SSSR count). The van der Waals surface area contributed by atoms with E-state index in [4.69, 9.17) is 5.73 Å². The van der Waals surface area contributed by atoms with Crippen LogP contribution in [0.25, 0.3) is 21.3 Å². The lowest BCUT2D eigenvalue weighted by Crippen LogP contribution is -2.33. The first-order valence-electron chi connectivity index (χ1n) is 10.4. The maximum absolute atomic E-state index is 15.3. The monoisotopic (exact) mass is 429 g/mol. The summed E-state index contributed by atoms with van der Waals surface area (Å²) in [7, 11) is 0. The average molecular weight is 430 g/mol. The van der Waals surface area contributed by atoms with E-state index in [0.717, 1.165) is 42.5 Å². The highest BCUT2D eigenvalue weighted by Gasteiger charge is 2.31. The minimum atomic E-state index is -0.556. The topological polar surface area (TPSA) is 101 Å². The van der Waals surface area contributed by atoms with Gasteiger partial charge in [-0.1, -0.05) is 0 Å². The molecule has 4 N–H and O–H groups in total. The van der Waals surface area contributed by atoms with Gasteiger partial charge in [0.05, 0.1) is 17.5 Å². The largest absolute Gasteiger partial charge is 0.395 e. The fourth-order valence-electron chi connectivity index (χ4n) is 4.85. The Morgan fingerprint density at radius 1 is 1.33 bits per heavy atom. The molecule has 0 spiro atoms. The third kappa shape index (κ3) is 2.97. The van der Waals surface area contributed by atoms with Gasteiger partial charge in [-0.25, -0.2) is 9.18 Å². The van der Waals surface area contributed by atoms with Gasteiger partial charge in [-0.2, -0.15) is 0 Å². The van der Waals surface area contributed by atoms with E-state index in [2.05, 4.69) is 4.98 Å². The van der Waals surface area contributed by atoms with Crippen LogP contribution in [0.3, 0.4) is 0 Å². The molecule has 2 unspecified atom stereocenters. The molecular formula is C22H24FN3O3S. The molecule has 30 heavy (non-hydrogen) atoms. The van der Waals surface area contributed by atoms with Crippen molar-refractivity contribution in [2.45, 2.75) is 57.0 Å². The van der Waals surface area contributed by atoms with Gasteiger partial charge in [-0.05, 0) is 62.3 Å². The number of nitrogens with zero attached hydrogens (tertiary/aromatic N) is 1. The van der Waals surface area contributed by atoms with Gasteiger partial charge in [0.15, 0.2) is 0 Å². The fraction of sp³-hybridized carbons (Fsp3) is 0.455. The van der Waals surface area contributed by atoms with Gasteiger partial charge in [0.25, 0.3) is 5.56 Å². The van der Waals surface area contributed by atoms with Gasteiger partial charge in [-0.15, -0.1) is 11.3 Å². The standard InChI is InChI=1S/C22H24FN3O3S/c1-10-19(18-8-13-12(16(24)9-27)3-2-4-17(13)30-18)15(23)7-14-20(10)26(11-5-6-11)22(29)25-21(14)28/h7-8,11-12,16,27H,2-6,9,24H2,1H3,(H,25,28,29). The molecule has 2 aliphatic rings. The Morgan fingerprint density at radius 3 is 2.80 bits per heavy atom. The lowest BCUT2D eigenvalue weighted by molar-refractivity contribution is 0.242. The number of halogens is 1. The number of aromatic nitrogens is 2. The highest BCUT2D eigenvalue weighted by atomic mass is 32.1. The van der Waals surface area contributed by atoms with Crippen molar-refractivity contribution in [1.82, 2.24) is 9.55 Å². The second-order valence-electron chi connectivity index (χ2n) is 8.45. The number of H-pyrrole nitrogens is 1. The maximum atomic E-state index is 15.3. The lowest BCUT2D eigenvalue weighted by Gasteiger charge is -2.26. The molecule has 2 aromatic heterocycles. The molecule has 1 fully saturated rings. The number of aliphatic hydroxyl groups excluding tert-OH is 1. The number of hydrogen-bond acceptors (Lipinski definition) is 5. The first-order valence-corrected chi connectivity index (χ1v) is 11.2. The number of aliphatic hydroxyl groups is 1. The van der Waals surface area contributed by atoms with Crippen LogP contribution in [0.5, 0.6) is 0 Å². The minimum Gasteiger partial charge on any atom is -0.395 e. The molecule has 6 nitrogen and oxygen atoms in total. The van der Waals surface area contributed by atoms with Crippen LogP contribution in [0, 0.1) is 12.7 Å². The average Bonchev–Trinajstić information content (AvgIpc) is 3.45. The quantitative estimate of drug-likeness (QED) is 0.594. The van der Waals surface area contributed by atoms with Gasteiger partial charge in [-0.3, -0.25) is 14.3 Å². The van der Waals surface area contributed by atoms with E-state index in [1.807, 2.05) is 6.07 Å². The van der Waals surface area contributed by atoms with E-state index < -0.39 is 17.1 Å². The molecule has 3 aromatic rings. The van der Waals surface area contributed by atoms with E-state index in [-0.39, 0.29) is 30.0 Å². The van der Waals surface area contributed by atoms with Crippen molar-refractivity contribution >= 4 is 22.2 Å². The van der Waals surface area contributed by atoms with Crippen molar-refractivity contribution in [1.29, 1.82) is 0 Å². The Bertz CT molecular complexity index is 1270. The summed E-state index contributed by atoms with van der Waals surface area (Å²) in [6.07, 6.45) is 4.56. The van der Waals surface area contributed by atoms with E-state index in [9.17, 15) is 14.7 Å². The van der Waals surface area contributed by atoms with E-state index in [0.29, 0.717) is 16.6 Å². The highest BCUT2D eigenvalue weighted by molar-refractivity contribution is 7.15. The second-order valence-corrected chi connectivity index (χ2v) is 9.59. The number of nitrogens with two attached hydrogens (primary N) is 1. The van der Waals surface area contributed by atoms with Crippen molar-refractivity contribution in [3.05, 3.63) is 54.8 Å². The molecule has 0 aliphatic heterocycles. The molecule has 0 saturated heterocycles. The van der Waals surface area contributed by atoms with Crippen LogP contribution < -0.4 is 17.0 Å². The van der Waals surface area contributed by atoms with Gasteiger partial charge in [0, 0.05) is 33.3 Å². The third-order valence-electron chi connectivity index (χ3n) is 6.47. The van der Waals surface area contributed by atoms with Crippen LogP contribution >= 0.6 is 11.3 Å². The van der Waals surface area contributed by atoms with Crippen molar-refractivity contribution in [3.8, 4) is 10.4 Å². The lowest BCUT2D eigenvalue weighted by atomic mass is 9.82. The van der Waals surface area contributed by atoms with Crippen LogP contribution in [-0.4, -0.2) is 27.3 Å². The normalized spacial score (nSPS) is 19.8. The van der Waals surface area contributed by atoms with Crippen molar-refractivity contribution < 1.29 is 9.50 Å². The van der Waals surface area contributed by atoms with Crippen LogP contribution in [0.2, 0.25) is 0 Å². The van der Waals surface area contributed by atoms with Crippen LogP contribution in [-0.2, 0) is 6.42 Å². The van der Waals surface area contributed by atoms with Gasteiger partial charge in [0.1, 0.15) is 5.82 Å². The molecule has 1 aromatic carbocycles. The van der Waals surface area contributed by atoms with Crippen molar-refractivity contribution in [3.63, 3.8) is 0 Å². The summed E-state index contributed by atoms with van der Waals surface area (Å²) in [4.78, 5) is 29.2. The van der Waals surface area contributed by atoms with E-state index >= 15 is 4.39 Å². The summed E-state index contributed by atoms with van der Waals surface area (Å²) in [5, 5.41) is 9.75. The molecule has 0 bridgehead atoms. The van der Waals surface area contributed by atoms with Crippen molar-refractivity contribution in [2.75, 3.05) is 6.61 Å². The summed E-state index contributed by atoms with van der Waals surface area (Å²) in [6.45, 7) is 1.70. The third-order valence-corrected chi connectivity index (χ3v) is 7.69. The number of benzene rings is 1. The van der Waals surface area contributed by atoms with Crippen LogP contribution in [0.4, 0.5) is 4.39 Å². The number of aromatic amines is 1. The second kappa shape index (κ2) is 7.14. The summed E-state index contributed by atoms with van der Waals surface area (Å²) >= 11 is 1.54. The first kappa shape index (κ1) is 19.7. The molecule has 8 heteroatoms. The summed E-state index contributed by atoms with van der Waals surface area (Å²) < 4.78 is 16.9. The number of hydrogen-bond donors (Lipinski definition) is 3. The van der Waals surface area contributed by atoms with E-state index in [1.165, 1.54) is 10.9 Å². The number of nitrogens with one attached hydrogen (secondary N) is 1. The smallest absolute Gasteiger partial charge is 0.329 e. The highest BCUT2D eigenvalue weighted by Crippen LogP contribution is 2.45. The number of rotatable bonds is 4. The first-order chi connectivity index (χ1) is 14.4. The summed E-state index contributed by atoms with van der Waals surface area (Å²) in [5.74, 6) is -0.409. The molecule has 2 atom stereocenters. The maximum Gasteiger partial charge on any atom is 0.329 e. The Kier molecular flexibility index (Phi) is 4.68. The molecule has 158 valence electrons. The molecule has 0 radical (unpaired) electrons. The molecular weight excluding hydrogens is 405 g/mol.